The molecule has 0 aliphatic carbocycles. The van der Waals surface area contributed by atoms with Gasteiger partial charge in [0.1, 0.15) is 5.75 Å². The molecular formula is C18H27NO2. The normalized spacial score (nSPS) is 16.2. The third kappa shape index (κ3) is 4.07. The Morgan fingerprint density at radius 2 is 1.90 bits per heavy atom. The molecule has 0 amide bonds. The van der Waals surface area contributed by atoms with Crippen molar-refractivity contribution < 1.29 is 9.53 Å². The number of hydrogen-bond acceptors (Lipinski definition) is 3. The summed E-state index contributed by atoms with van der Waals surface area (Å²) in [5.41, 5.74) is 1.94. The van der Waals surface area contributed by atoms with Gasteiger partial charge in [0.05, 0.1) is 18.7 Å². The molecule has 3 nitrogen and oxygen atoms in total. The molecule has 1 fully saturated rings. The highest BCUT2D eigenvalue weighted by Gasteiger charge is 2.22. The number of likely N-dealkylation sites (tertiary alicyclic amines) is 1. The van der Waals surface area contributed by atoms with Crippen LogP contribution in [0.2, 0.25) is 0 Å². The van der Waals surface area contributed by atoms with Crippen LogP contribution in [-0.2, 0) is 5.41 Å². The minimum absolute atomic E-state index is 0.0351. The molecule has 0 saturated carbocycles. The minimum Gasteiger partial charge on any atom is -0.493 e. The number of Topliss-reactive ketones (excluding diaryl/α,β-unsaturated/α-hetero) is 1. The number of carbonyl (C=O) groups excluding carboxylic acids is 1. The smallest absolute Gasteiger partial charge is 0.180 e. The Labute approximate surface area is 128 Å². The van der Waals surface area contributed by atoms with Crippen LogP contribution in [0.15, 0.2) is 18.2 Å². The van der Waals surface area contributed by atoms with E-state index in [1.54, 1.807) is 0 Å². The summed E-state index contributed by atoms with van der Waals surface area (Å²) < 4.78 is 5.65. The van der Waals surface area contributed by atoms with Crippen molar-refractivity contribution in [1.29, 1.82) is 0 Å². The highest BCUT2D eigenvalue weighted by molar-refractivity contribution is 6.00. The number of nitrogens with zero attached hydrogens (tertiary/aromatic N) is 1. The van der Waals surface area contributed by atoms with Crippen LogP contribution in [0.5, 0.6) is 5.75 Å². The molecule has 2 rings (SSSR count). The first kappa shape index (κ1) is 16.0. The van der Waals surface area contributed by atoms with Crippen molar-refractivity contribution >= 4 is 5.78 Å². The summed E-state index contributed by atoms with van der Waals surface area (Å²) in [6.45, 7) is 11.6. The molecule has 0 N–H and O–H groups in total. The van der Waals surface area contributed by atoms with Crippen LogP contribution < -0.4 is 4.74 Å². The third-order valence-corrected chi connectivity index (χ3v) is 4.01. The molecule has 1 aliphatic rings. The fourth-order valence-corrected chi connectivity index (χ4v) is 2.72. The van der Waals surface area contributed by atoms with E-state index < -0.39 is 0 Å². The van der Waals surface area contributed by atoms with Crippen LogP contribution in [0, 0.1) is 0 Å². The first-order valence-electron chi connectivity index (χ1n) is 7.94. The van der Waals surface area contributed by atoms with Gasteiger partial charge in [-0.3, -0.25) is 9.69 Å². The van der Waals surface area contributed by atoms with Gasteiger partial charge < -0.3 is 4.74 Å². The topological polar surface area (TPSA) is 29.5 Å². The Balaban J connectivity index is 2.26. The van der Waals surface area contributed by atoms with Crippen LogP contribution in [-0.4, -0.2) is 36.9 Å². The number of ether oxygens (including phenoxy) is 1. The van der Waals surface area contributed by atoms with Crippen LogP contribution in [0.1, 0.15) is 56.5 Å². The number of ketones is 1. The fourth-order valence-electron chi connectivity index (χ4n) is 2.72. The summed E-state index contributed by atoms with van der Waals surface area (Å²) in [6.07, 6.45) is 2.40. The molecule has 1 aromatic carbocycles. The van der Waals surface area contributed by atoms with Gasteiger partial charge in [0.25, 0.3) is 0 Å². The molecule has 1 aromatic rings. The van der Waals surface area contributed by atoms with Gasteiger partial charge in [0, 0.05) is 0 Å². The predicted octanol–water partition coefficient (Wildman–Crippen LogP) is 3.66. The van der Waals surface area contributed by atoms with Gasteiger partial charge in [-0.05, 0) is 56.0 Å². The van der Waals surface area contributed by atoms with E-state index in [-0.39, 0.29) is 11.2 Å². The maximum absolute atomic E-state index is 12.7. The monoisotopic (exact) mass is 289 g/mol. The molecule has 0 spiro atoms. The van der Waals surface area contributed by atoms with E-state index in [9.17, 15) is 4.79 Å². The lowest BCUT2D eigenvalue weighted by atomic mass is 9.85. The SMILES string of the molecule is CCOc1ccc(C(C)(C)C)cc1C(=O)CN1CCCC1. The standard InChI is InChI=1S/C18H27NO2/c1-5-21-17-9-8-14(18(2,3)4)12-15(17)16(20)13-19-10-6-7-11-19/h8-9,12H,5-7,10-11,13H2,1-4H3. The van der Waals surface area contributed by atoms with Crippen LogP contribution in [0.3, 0.4) is 0 Å². The molecule has 0 atom stereocenters. The zero-order valence-corrected chi connectivity index (χ0v) is 13.7. The van der Waals surface area contributed by atoms with Crippen molar-refractivity contribution in [2.24, 2.45) is 0 Å². The molecule has 0 aromatic heterocycles. The first-order valence-corrected chi connectivity index (χ1v) is 7.94. The number of carbonyl (C=O) groups is 1. The molecular weight excluding hydrogens is 262 g/mol. The van der Waals surface area contributed by atoms with E-state index in [2.05, 4.69) is 31.7 Å². The summed E-state index contributed by atoms with van der Waals surface area (Å²) in [6, 6.07) is 6.03. The van der Waals surface area contributed by atoms with Crippen molar-refractivity contribution in [3.05, 3.63) is 29.3 Å². The predicted molar refractivity (Wildman–Crippen MR) is 86.3 cm³/mol. The number of benzene rings is 1. The van der Waals surface area contributed by atoms with Gasteiger partial charge >= 0.3 is 0 Å². The van der Waals surface area contributed by atoms with Crippen molar-refractivity contribution in [2.45, 2.75) is 46.0 Å². The summed E-state index contributed by atoms with van der Waals surface area (Å²) in [4.78, 5) is 14.9. The van der Waals surface area contributed by atoms with Crippen molar-refractivity contribution in [2.75, 3.05) is 26.2 Å². The maximum Gasteiger partial charge on any atom is 0.180 e. The molecule has 0 bridgehead atoms. The average molecular weight is 289 g/mol. The zero-order chi connectivity index (χ0) is 15.5. The quantitative estimate of drug-likeness (QED) is 0.775. The van der Waals surface area contributed by atoms with Crippen LogP contribution in [0.4, 0.5) is 0 Å². The Bertz CT molecular complexity index is 496. The molecule has 116 valence electrons. The summed E-state index contributed by atoms with van der Waals surface area (Å²) in [5.74, 6) is 0.890. The molecule has 1 aliphatic heterocycles. The summed E-state index contributed by atoms with van der Waals surface area (Å²) >= 11 is 0. The molecule has 0 radical (unpaired) electrons. The number of hydrogen-bond donors (Lipinski definition) is 0. The van der Waals surface area contributed by atoms with E-state index in [1.807, 2.05) is 19.1 Å². The molecule has 21 heavy (non-hydrogen) atoms. The minimum atomic E-state index is 0.0351. The second kappa shape index (κ2) is 6.61. The second-order valence-corrected chi connectivity index (χ2v) is 6.80. The molecule has 1 saturated heterocycles. The summed E-state index contributed by atoms with van der Waals surface area (Å²) in [5, 5.41) is 0. The van der Waals surface area contributed by atoms with Gasteiger partial charge in [-0.25, -0.2) is 0 Å². The van der Waals surface area contributed by atoms with E-state index >= 15 is 0 Å². The molecule has 0 unspecified atom stereocenters. The maximum atomic E-state index is 12.7. The first-order chi connectivity index (χ1) is 9.91. The van der Waals surface area contributed by atoms with Crippen LogP contribution in [0.25, 0.3) is 0 Å². The fraction of sp³-hybridized carbons (Fsp3) is 0.611. The van der Waals surface area contributed by atoms with Gasteiger partial charge in [-0.1, -0.05) is 26.8 Å². The van der Waals surface area contributed by atoms with Crippen LogP contribution >= 0.6 is 0 Å². The number of rotatable bonds is 5. The van der Waals surface area contributed by atoms with E-state index in [4.69, 9.17) is 4.74 Å². The van der Waals surface area contributed by atoms with E-state index in [0.29, 0.717) is 13.2 Å². The van der Waals surface area contributed by atoms with Crippen molar-refractivity contribution in [1.82, 2.24) is 4.90 Å². The lowest BCUT2D eigenvalue weighted by Crippen LogP contribution is -2.27. The van der Waals surface area contributed by atoms with Gasteiger partial charge in [0.2, 0.25) is 0 Å². The molecule has 1 heterocycles. The highest BCUT2D eigenvalue weighted by Crippen LogP contribution is 2.28. The van der Waals surface area contributed by atoms with Gasteiger partial charge in [0.15, 0.2) is 5.78 Å². The highest BCUT2D eigenvalue weighted by atomic mass is 16.5. The van der Waals surface area contributed by atoms with Gasteiger partial charge in [-0.15, -0.1) is 0 Å². The lowest BCUT2D eigenvalue weighted by molar-refractivity contribution is 0.0941. The molecule has 3 heteroatoms. The third-order valence-electron chi connectivity index (χ3n) is 4.01. The summed E-state index contributed by atoms with van der Waals surface area (Å²) in [7, 11) is 0. The van der Waals surface area contributed by atoms with E-state index in [0.717, 1.165) is 24.4 Å². The Morgan fingerprint density at radius 3 is 2.48 bits per heavy atom. The van der Waals surface area contributed by atoms with E-state index in [1.165, 1.54) is 18.4 Å². The largest absolute Gasteiger partial charge is 0.493 e. The van der Waals surface area contributed by atoms with Crippen molar-refractivity contribution in [3.8, 4) is 5.75 Å². The second-order valence-electron chi connectivity index (χ2n) is 6.80. The Kier molecular flexibility index (Phi) is 5.04. The average Bonchev–Trinajstić information content (AvgIpc) is 2.91. The lowest BCUT2D eigenvalue weighted by Gasteiger charge is -2.22. The zero-order valence-electron chi connectivity index (χ0n) is 13.7. The Morgan fingerprint density at radius 1 is 1.24 bits per heavy atom. The van der Waals surface area contributed by atoms with Gasteiger partial charge in [-0.2, -0.15) is 0 Å². The van der Waals surface area contributed by atoms with Crippen molar-refractivity contribution in [3.63, 3.8) is 0 Å². The Hall–Kier alpha value is -1.35.